The average Bonchev–Trinajstić information content (AvgIpc) is 2.21. The standard InChI is InChI=1S/C10H10N2O/c11-6-9(7-13)10(12)8-4-2-1-3-5-8/h1-7,12H,11H2/b9-6-,12-10?. The first-order chi connectivity index (χ1) is 6.29. The highest BCUT2D eigenvalue weighted by molar-refractivity contribution is 6.21. The van der Waals surface area contributed by atoms with Crippen LogP contribution >= 0.6 is 0 Å². The van der Waals surface area contributed by atoms with Crippen LogP contribution in [0.1, 0.15) is 5.56 Å². The number of hydrogen-bond donors (Lipinski definition) is 2. The molecule has 1 aromatic carbocycles. The Morgan fingerprint density at radius 1 is 1.31 bits per heavy atom. The van der Waals surface area contributed by atoms with Gasteiger partial charge in [-0.25, -0.2) is 0 Å². The van der Waals surface area contributed by atoms with Crippen molar-refractivity contribution >= 4 is 12.0 Å². The van der Waals surface area contributed by atoms with E-state index in [0.717, 1.165) is 6.20 Å². The van der Waals surface area contributed by atoms with Gasteiger partial charge in [0.2, 0.25) is 0 Å². The van der Waals surface area contributed by atoms with Gasteiger partial charge in [-0.1, -0.05) is 30.3 Å². The minimum absolute atomic E-state index is 0.151. The number of benzene rings is 1. The zero-order valence-corrected chi connectivity index (χ0v) is 7.03. The molecular weight excluding hydrogens is 164 g/mol. The molecule has 13 heavy (non-hydrogen) atoms. The molecule has 0 aliphatic heterocycles. The lowest BCUT2D eigenvalue weighted by atomic mass is 10.0. The second kappa shape index (κ2) is 4.21. The van der Waals surface area contributed by atoms with Crippen molar-refractivity contribution in [1.29, 1.82) is 5.41 Å². The van der Waals surface area contributed by atoms with Gasteiger partial charge in [-0.2, -0.15) is 0 Å². The van der Waals surface area contributed by atoms with Gasteiger partial charge in [0.25, 0.3) is 0 Å². The fraction of sp³-hybridized carbons (Fsp3) is 0. The van der Waals surface area contributed by atoms with Gasteiger partial charge < -0.3 is 5.73 Å². The number of rotatable bonds is 3. The van der Waals surface area contributed by atoms with E-state index in [1.807, 2.05) is 18.2 Å². The number of carbonyl (C=O) groups is 1. The van der Waals surface area contributed by atoms with Crippen LogP contribution in [0.4, 0.5) is 0 Å². The van der Waals surface area contributed by atoms with Crippen LogP contribution in [0.2, 0.25) is 0 Å². The van der Waals surface area contributed by atoms with Crippen molar-refractivity contribution in [3.05, 3.63) is 47.7 Å². The highest BCUT2D eigenvalue weighted by Crippen LogP contribution is 2.04. The lowest BCUT2D eigenvalue weighted by Gasteiger charge is -2.01. The van der Waals surface area contributed by atoms with Gasteiger partial charge in [0, 0.05) is 11.8 Å². The quantitative estimate of drug-likeness (QED) is 0.409. The van der Waals surface area contributed by atoms with Gasteiger partial charge in [-0.05, 0) is 0 Å². The molecule has 3 N–H and O–H groups in total. The maximum atomic E-state index is 10.5. The molecule has 0 aliphatic rings. The summed E-state index contributed by atoms with van der Waals surface area (Å²) in [5.74, 6) is 0. The van der Waals surface area contributed by atoms with E-state index in [4.69, 9.17) is 11.1 Å². The summed E-state index contributed by atoms with van der Waals surface area (Å²) in [5.41, 5.74) is 6.23. The summed E-state index contributed by atoms with van der Waals surface area (Å²) in [4.78, 5) is 10.5. The Morgan fingerprint density at radius 3 is 2.38 bits per heavy atom. The summed E-state index contributed by atoms with van der Waals surface area (Å²) in [6, 6.07) is 8.99. The summed E-state index contributed by atoms with van der Waals surface area (Å²) in [6.45, 7) is 0. The number of aldehydes is 1. The molecule has 0 aromatic heterocycles. The Balaban J connectivity index is 2.98. The van der Waals surface area contributed by atoms with Crippen molar-refractivity contribution in [2.75, 3.05) is 0 Å². The molecule has 0 radical (unpaired) electrons. The summed E-state index contributed by atoms with van der Waals surface area (Å²) in [7, 11) is 0. The van der Waals surface area contributed by atoms with E-state index in [0.29, 0.717) is 11.8 Å². The predicted molar refractivity (Wildman–Crippen MR) is 51.6 cm³/mol. The zero-order valence-electron chi connectivity index (χ0n) is 7.03. The third-order valence-electron chi connectivity index (χ3n) is 1.66. The van der Waals surface area contributed by atoms with E-state index < -0.39 is 0 Å². The minimum atomic E-state index is 0.151. The zero-order chi connectivity index (χ0) is 9.68. The summed E-state index contributed by atoms with van der Waals surface area (Å²) in [6.07, 6.45) is 1.72. The number of hydrogen-bond acceptors (Lipinski definition) is 3. The van der Waals surface area contributed by atoms with Gasteiger partial charge in [-0.3, -0.25) is 10.2 Å². The SMILES string of the molecule is N=C(/C(C=O)=C\N)c1ccccc1. The molecule has 3 nitrogen and oxygen atoms in total. The van der Waals surface area contributed by atoms with E-state index in [1.54, 1.807) is 12.1 Å². The second-order valence-corrected chi connectivity index (χ2v) is 2.48. The third kappa shape index (κ3) is 2.02. The Bertz CT molecular complexity index is 341. The highest BCUT2D eigenvalue weighted by atomic mass is 16.1. The largest absolute Gasteiger partial charge is 0.404 e. The molecular formula is C10H10N2O. The fourth-order valence-corrected chi connectivity index (χ4v) is 0.953. The second-order valence-electron chi connectivity index (χ2n) is 2.48. The Morgan fingerprint density at radius 2 is 1.92 bits per heavy atom. The van der Waals surface area contributed by atoms with E-state index in [2.05, 4.69) is 0 Å². The van der Waals surface area contributed by atoms with Crippen LogP contribution in [0.15, 0.2) is 42.1 Å². The first kappa shape index (κ1) is 9.19. The van der Waals surface area contributed by atoms with Crippen LogP contribution < -0.4 is 5.73 Å². The van der Waals surface area contributed by atoms with Crippen molar-refractivity contribution in [2.24, 2.45) is 5.73 Å². The Kier molecular flexibility index (Phi) is 2.97. The van der Waals surface area contributed by atoms with Crippen LogP contribution in [-0.4, -0.2) is 12.0 Å². The van der Waals surface area contributed by atoms with Gasteiger partial charge >= 0.3 is 0 Å². The lowest BCUT2D eigenvalue weighted by Crippen LogP contribution is -2.06. The van der Waals surface area contributed by atoms with Crippen LogP contribution in [0, 0.1) is 5.41 Å². The molecule has 1 rings (SSSR count). The molecule has 0 fully saturated rings. The van der Waals surface area contributed by atoms with Crippen molar-refractivity contribution < 1.29 is 4.79 Å². The van der Waals surface area contributed by atoms with Gasteiger partial charge in [0.1, 0.15) is 0 Å². The maximum Gasteiger partial charge on any atom is 0.153 e. The van der Waals surface area contributed by atoms with Crippen LogP contribution in [0.3, 0.4) is 0 Å². The average molecular weight is 174 g/mol. The van der Waals surface area contributed by atoms with Crippen molar-refractivity contribution in [3.63, 3.8) is 0 Å². The molecule has 0 bridgehead atoms. The number of carbonyl (C=O) groups excluding carboxylic acids is 1. The monoisotopic (exact) mass is 174 g/mol. The third-order valence-corrected chi connectivity index (χ3v) is 1.66. The summed E-state index contributed by atoms with van der Waals surface area (Å²) < 4.78 is 0. The maximum absolute atomic E-state index is 10.5. The number of nitrogens with one attached hydrogen (secondary N) is 1. The molecule has 0 atom stereocenters. The molecule has 0 spiro atoms. The van der Waals surface area contributed by atoms with E-state index in [9.17, 15) is 4.79 Å². The minimum Gasteiger partial charge on any atom is -0.404 e. The van der Waals surface area contributed by atoms with Crippen LogP contribution in [0.5, 0.6) is 0 Å². The highest BCUT2D eigenvalue weighted by Gasteiger charge is 2.04. The molecule has 66 valence electrons. The number of allylic oxidation sites excluding steroid dienone is 1. The van der Waals surface area contributed by atoms with Crippen molar-refractivity contribution in [1.82, 2.24) is 0 Å². The molecule has 0 saturated carbocycles. The van der Waals surface area contributed by atoms with Crippen molar-refractivity contribution in [3.8, 4) is 0 Å². The fourth-order valence-electron chi connectivity index (χ4n) is 0.953. The van der Waals surface area contributed by atoms with Crippen molar-refractivity contribution in [2.45, 2.75) is 0 Å². The lowest BCUT2D eigenvalue weighted by molar-refractivity contribution is -0.104. The topological polar surface area (TPSA) is 66.9 Å². The predicted octanol–water partition coefficient (Wildman–Crippen LogP) is 1.10. The normalized spacial score (nSPS) is 10.9. The van der Waals surface area contributed by atoms with E-state index >= 15 is 0 Å². The molecule has 3 heteroatoms. The van der Waals surface area contributed by atoms with E-state index in [-0.39, 0.29) is 11.3 Å². The molecule has 0 aliphatic carbocycles. The van der Waals surface area contributed by atoms with Crippen LogP contribution in [-0.2, 0) is 4.79 Å². The summed E-state index contributed by atoms with van der Waals surface area (Å²) in [5, 5.41) is 7.61. The van der Waals surface area contributed by atoms with Crippen LogP contribution in [0.25, 0.3) is 0 Å². The molecule has 0 amide bonds. The Hall–Kier alpha value is -1.90. The van der Waals surface area contributed by atoms with Gasteiger partial charge in [0.15, 0.2) is 6.29 Å². The smallest absolute Gasteiger partial charge is 0.153 e. The molecule has 1 aromatic rings. The first-order valence-electron chi connectivity index (χ1n) is 3.81. The summed E-state index contributed by atoms with van der Waals surface area (Å²) >= 11 is 0. The van der Waals surface area contributed by atoms with Gasteiger partial charge in [-0.15, -0.1) is 0 Å². The first-order valence-corrected chi connectivity index (χ1v) is 3.81. The molecule has 0 heterocycles. The van der Waals surface area contributed by atoms with E-state index in [1.165, 1.54) is 0 Å². The Labute approximate surface area is 76.4 Å². The molecule has 0 saturated heterocycles. The molecule has 0 unspecified atom stereocenters. The number of nitrogens with two attached hydrogens (primary N) is 1. The van der Waals surface area contributed by atoms with Gasteiger partial charge in [0.05, 0.1) is 11.3 Å².